The summed E-state index contributed by atoms with van der Waals surface area (Å²) < 4.78 is 0. The van der Waals surface area contributed by atoms with Gasteiger partial charge in [-0.3, -0.25) is 9.59 Å². The summed E-state index contributed by atoms with van der Waals surface area (Å²) in [4.78, 5) is 28.5. The molecule has 0 radical (unpaired) electrons. The van der Waals surface area contributed by atoms with Crippen molar-refractivity contribution in [1.82, 2.24) is 10.2 Å². The summed E-state index contributed by atoms with van der Waals surface area (Å²) in [6, 6.07) is 15.8. The highest BCUT2D eigenvalue weighted by Gasteiger charge is 2.43. The van der Waals surface area contributed by atoms with Crippen LogP contribution in [0.5, 0.6) is 0 Å². The third-order valence-electron chi connectivity index (χ3n) is 8.40. The summed E-state index contributed by atoms with van der Waals surface area (Å²) in [6.45, 7) is 15.6. The van der Waals surface area contributed by atoms with Crippen molar-refractivity contribution in [2.75, 3.05) is 6.54 Å². The molecule has 1 fully saturated rings. The number of nitrogens with zero attached hydrogens (tertiary/aromatic N) is 1. The van der Waals surface area contributed by atoms with Gasteiger partial charge in [0.15, 0.2) is 0 Å². The van der Waals surface area contributed by atoms with E-state index in [4.69, 9.17) is 0 Å². The van der Waals surface area contributed by atoms with Crippen molar-refractivity contribution in [3.8, 4) is 0 Å². The van der Waals surface area contributed by atoms with Crippen LogP contribution in [-0.2, 0) is 17.8 Å². The molecule has 5 heteroatoms. The fourth-order valence-electron chi connectivity index (χ4n) is 5.70. The smallest absolute Gasteiger partial charge is 0.251 e. The number of nitrogens with one attached hydrogen (secondary N) is 1. The fourth-order valence-corrected chi connectivity index (χ4v) is 5.70. The molecule has 1 aliphatic carbocycles. The van der Waals surface area contributed by atoms with Crippen LogP contribution in [0.25, 0.3) is 0 Å². The van der Waals surface area contributed by atoms with Crippen molar-refractivity contribution in [2.24, 2.45) is 11.3 Å². The van der Waals surface area contributed by atoms with Gasteiger partial charge in [0.05, 0.1) is 12.2 Å². The van der Waals surface area contributed by atoms with Crippen LogP contribution in [0.2, 0.25) is 0 Å². The summed E-state index contributed by atoms with van der Waals surface area (Å²) >= 11 is 0. The van der Waals surface area contributed by atoms with Crippen molar-refractivity contribution in [2.45, 2.75) is 91.6 Å². The summed E-state index contributed by atoms with van der Waals surface area (Å²) in [5, 5.41) is 12.0. The average molecular weight is 519 g/mol. The zero-order chi connectivity index (χ0) is 27.9. The number of hydrogen-bond donors (Lipinski definition) is 2. The van der Waals surface area contributed by atoms with E-state index in [1.54, 1.807) is 0 Å². The summed E-state index contributed by atoms with van der Waals surface area (Å²) in [5.74, 6) is 0.695. The number of rotatable bonds is 10. The van der Waals surface area contributed by atoms with Gasteiger partial charge in [0, 0.05) is 30.6 Å². The first-order valence-electron chi connectivity index (χ1n) is 14.0. The molecule has 0 atom stereocenters. The monoisotopic (exact) mass is 518 g/mol. The van der Waals surface area contributed by atoms with Crippen LogP contribution >= 0.6 is 0 Å². The molecule has 0 heterocycles. The highest BCUT2D eigenvalue weighted by Crippen LogP contribution is 2.45. The lowest BCUT2D eigenvalue weighted by Gasteiger charge is -2.50. The maximum atomic E-state index is 13.9. The Morgan fingerprint density at radius 1 is 1.03 bits per heavy atom. The van der Waals surface area contributed by atoms with E-state index in [-0.39, 0.29) is 28.5 Å². The van der Waals surface area contributed by atoms with Gasteiger partial charge in [-0.2, -0.15) is 0 Å². The lowest BCUT2D eigenvalue weighted by Crippen LogP contribution is -2.54. The van der Waals surface area contributed by atoms with Gasteiger partial charge in [-0.15, -0.1) is 0 Å². The Morgan fingerprint density at radius 3 is 2.13 bits per heavy atom. The molecular weight excluding hydrogens is 472 g/mol. The van der Waals surface area contributed by atoms with Gasteiger partial charge in [-0.1, -0.05) is 76.2 Å². The van der Waals surface area contributed by atoms with Crippen LogP contribution in [0.3, 0.4) is 0 Å². The molecule has 38 heavy (non-hydrogen) atoms. The Morgan fingerprint density at radius 2 is 1.61 bits per heavy atom. The van der Waals surface area contributed by atoms with Crippen molar-refractivity contribution < 1.29 is 14.7 Å². The van der Waals surface area contributed by atoms with E-state index < -0.39 is 0 Å². The highest BCUT2D eigenvalue weighted by molar-refractivity contribution is 5.94. The number of aliphatic hydroxyl groups excluding tert-OH is 1. The molecule has 5 nitrogen and oxygen atoms in total. The molecular formula is C33H46N2O3. The number of carbonyl (C=O) groups excluding carboxylic acids is 2. The van der Waals surface area contributed by atoms with Gasteiger partial charge in [0.1, 0.15) is 0 Å². The van der Waals surface area contributed by atoms with E-state index >= 15 is 0 Å². The second-order valence-corrected chi connectivity index (χ2v) is 12.1. The van der Waals surface area contributed by atoms with E-state index in [0.29, 0.717) is 37.4 Å². The molecule has 3 rings (SSSR count). The summed E-state index contributed by atoms with van der Waals surface area (Å²) in [5.41, 5.74) is 3.93. The predicted octanol–water partition coefficient (Wildman–Crippen LogP) is 7.14. The molecule has 2 aromatic rings. The van der Waals surface area contributed by atoms with E-state index in [1.165, 1.54) is 5.56 Å². The van der Waals surface area contributed by atoms with Crippen LogP contribution in [0.4, 0.5) is 0 Å². The zero-order valence-corrected chi connectivity index (χ0v) is 24.0. The molecule has 0 aromatic heterocycles. The molecule has 1 saturated carbocycles. The normalized spacial score (nSPS) is 19.6. The quantitative estimate of drug-likeness (QED) is 0.328. The van der Waals surface area contributed by atoms with Crippen LogP contribution in [0.15, 0.2) is 60.9 Å². The molecule has 1 aliphatic rings. The topological polar surface area (TPSA) is 69.6 Å². The fraction of sp³-hybridized carbons (Fsp3) is 0.515. The SMILES string of the molecule is C=C(O)CCNC(=O)c1ccc(CN(C(=O)Cc2ccc(C)cc2)C2(CC)CCC(C(C)(C)C)CC2)cc1. The molecule has 0 saturated heterocycles. The Kier molecular flexibility index (Phi) is 9.81. The number of hydrogen-bond acceptors (Lipinski definition) is 3. The van der Waals surface area contributed by atoms with Crippen molar-refractivity contribution in [3.05, 3.63) is 83.1 Å². The van der Waals surface area contributed by atoms with Crippen molar-refractivity contribution in [1.29, 1.82) is 0 Å². The van der Waals surface area contributed by atoms with Crippen LogP contribution in [0.1, 0.15) is 93.3 Å². The van der Waals surface area contributed by atoms with E-state index in [9.17, 15) is 14.7 Å². The van der Waals surface area contributed by atoms with Crippen LogP contribution in [0, 0.1) is 18.3 Å². The first-order valence-corrected chi connectivity index (χ1v) is 14.0. The van der Waals surface area contributed by atoms with Crippen molar-refractivity contribution in [3.63, 3.8) is 0 Å². The minimum Gasteiger partial charge on any atom is -0.513 e. The molecule has 0 unspecified atom stereocenters. The van der Waals surface area contributed by atoms with Crippen molar-refractivity contribution >= 4 is 11.8 Å². The minimum atomic E-state index is -0.185. The van der Waals surface area contributed by atoms with E-state index in [1.807, 2.05) is 24.3 Å². The largest absolute Gasteiger partial charge is 0.513 e. The lowest BCUT2D eigenvalue weighted by molar-refractivity contribution is -0.141. The molecule has 2 amide bonds. The maximum absolute atomic E-state index is 13.9. The van der Waals surface area contributed by atoms with Gasteiger partial charge in [0.2, 0.25) is 5.91 Å². The highest BCUT2D eigenvalue weighted by atomic mass is 16.3. The van der Waals surface area contributed by atoms with E-state index in [0.717, 1.165) is 43.2 Å². The third kappa shape index (κ3) is 7.72. The number of aryl methyl sites for hydroxylation is 1. The standard InChI is InChI=1S/C33H46N2O3/c1-7-33(19-16-29(17-20-33)32(4,5)6)35(30(37)22-26-10-8-24(2)9-11-26)23-27-12-14-28(15-13-27)31(38)34-21-18-25(3)36/h8-15,29,36H,3,7,16-23H2,1-2,4-6H3,(H,34,38). The molecule has 0 bridgehead atoms. The zero-order valence-electron chi connectivity index (χ0n) is 24.0. The molecule has 2 aromatic carbocycles. The van der Waals surface area contributed by atoms with Gasteiger partial charge in [0.25, 0.3) is 5.91 Å². The Balaban J connectivity index is 1.81. The number of aliphatic hydroxyl groups is 1. The van der Waals surface area contributed by atoms with Gasteiger partial charge in [-0.05, 0) is 73.6 Å². The number of benzene rings is 2. The maximum Gasteiger partial charge on any atom is 0.251 e. The second-order valence-electron chi connectivity index (χ2n) is 12.1. The predicted molar refractivity (Wildman–Crippen MR) is 155 cm³/mol. The summed E-state index contributed by atoms with van der Waals surface area (Å²) in [7, 11) is 0. The van der Waals surface area contributed by atoms with Crippen LogP contribution in [-0.4, -0.2) is 33.9 Å². The van der Waals surface area contributed by atoms with E-state index in [2.05, 4.69) is 75.7 Å². The third-order valence-corrected chi connectivity index (χ3v) is 8.40. The molecule has 206 valence electrons. The molecule has 0 spiro atoms. The molecule has 0 aliphatic heterocycles. The molecule has 2 N–H and O–H groups in total. The number of amides is 2. The Labute approximate surface area is 229 Å². The van der Waals surface area contributed by atoms with Gasteiger partial charge in [-0.25, -0.2) is 0 Å². The average Bonchev–Trinajstić information content (AvgIpc) is 2.88. The number of carbonyl (C=O) groups is 2. The first kappa shape index (κ1) is 29.5. The Hall–Kier alpha value is -3.08. The lowest BCUT2D eigenvalue weighted by atomic mass is 9.66. The van der Waals surface area contributed by atoms with Crippen LogP contribution < -0.4 is 5.32 Å². The van der Waals surface area contributed by atoms with Gasteiger partial charge >= 0.3 is 0 Å². The second kappa shape index (κ2) is 12.6. The minimum absolute atomic E-state index is 0.0532. The van der Waals surface area contributed by atoms with Gasteiger partial charge < -0.3 is 15.3 Å². The first-order chi connectivity index (χ1) is 17.9. The Bertz CT molecular complexity index is 1090. The summed E-state index contributed by atoms with van der Waals surface area (Å²) in [6.07, 6.45) is 5.94.